The minimum Gasteiger partial charge on any atom is -0.492 e. The fraction of sp³-hybridized carbons (Fsp3) is 0.414. The Balaban J connectivity index is 1.05. The Bertz CT molecular complexity index is 1270. The Labute approximate surface area is 212 Å². The van der Waals surface area contributed by atoms with Crippen LogP contribution in [0.1, 0.15) is 18.1 Å². The van der Waals surface area contributed by atoms with Crippen LogP contribution in [0.2, 0.25) is 0 Å². The molecule has 3 aliphatic heterocycles. The van der Waals surface area contributed by atoms with Crippen molar-refractivity contribution in [3.63, 3.8) is 0 Å². The van der Waals surface area contributed by atoms with Gasteiger partial charge in [0, 0.05) is 69.0 Å². The van der Waals surface area contributed by atoms with Gasteiger partial charge in [-0.2, -0.15) is 0 Å². The number of rotatable bonds is 7. The molecule has 1 aromatic heterocycles. The van der Waals surface area contributed by atoms with Gasteiger partial charge in [0.2, 0.25) is 0 Å². The molecule has 1 N–H and O–H groups in total. The van der Waals surface area contributed by atoms with Gasteiger partial charge in [-0.3, -0.25) is 9.80 Å². The smallest absolute Gasteiger partial charge is 0.151 e. The van der Waals surface area contributed by atoms with Crippen molar-refractivity contribution >= 4 is 22.7 Å². The third kappa shape index (κ3) is 4.66. The van der Waals surface area contributed by atoms with E-state index in [0.717, 1.165) is 67.2 Å². The molecule has 4 heterocycles. The first-order chi connectivity index (χ1) is 17.7. The summed E-state index contributed by atoms with van der Waals surface area (Å²) in [4.78, 5) is 11.0. The van der Waals surface area contributed by atoms with E-state index in [2.05, 4.69) is 81.1 Å². The number of benzene rings is 2. The average molecular weight is 487 g/mol. The molecule has 0 saturated carbocycles. The van der Waals surface area contributed by atoms with E-state index >= 15 is 0 Å². The highest BCUT2D eigenvalue weighted by Gasteiger charge is 2.41. The Morgan fingerprint density at radius 2 is 1.89 bits per heavy atom. The molecule has 2 atom stereocenters. The number of ether oxygens (including phenoxy) is 1. The lowest BCUT2D eigenvalue weighted by Crippen LogP contribution is -2.50. The first-order valence-electron chi connectivity index (χ1n) is 13.0. The number of fused-ring (bicyclic) bond motifs is 4. The summed E-state index contributed by atoms with van der Waals surface area (Å²) in [5.74, 6) is 1.01. The SMILES string of the molecule is CC(=Cc1ccccc1)CN1CCN(CC2ON=C3c4cc5ccn(CCO)c5cc4OCC32)CC1. The van der Waals surface area contributed by atoms with Crippen LogP contribution in [0.3, 0.4) is 0 Å². The number of aromatic nitrogens is 1. The molecular formula is C29H34N4O3. The molecule has 3 aliphatic rings. The zero-order chi connectivity index (χ0) is 24.5. The highest BCUT2D eigenvalue weighted by molar-refractivity contribution is 6.08. The number of hydrogen-bond donors (Lipinski definition) is 1. The van der Waals surface area contributed by atoms with Gasteiger partial charge in [-0.15, -0.1) is 0 Å². The molecule has 2 aromatic carbocycles. The summed E-state index contributed by atoms with van der Waals surface area (Å²) in [6, 6.07) is 16.8. The molecular weight excluding hydrogens is 452 g/mol. The average Bonchev–Trinajstić information content (AvgIpc) is 3.48. The molecule has 3 aromatic rings. The van der Waals surface area contributed by atoms with E-state index in [1.54, 1.807) is 0 Å². The van der Waals surface area contributed by atoms with E-state index in [0.29, 0.717) is 13.2 Å². The number of nitrogens with zero attached hydrogens (tertiary/aromatic N) is 4. The first kappa shape index (κ1) is 23.3. The number of aliphatic hydroxyl groups excluding tert-OH is 1. The lowest BCUT2D eigenvalue weighted by molar-refractivity contribution is 0.0101. The van der Waals surface area contributed by atoms with Crippen LogP contribution < -0.4 is 4.74 Å². The van der Waals surface area contributed by atoms with Gasteiger partial charge in [0.1, 0.15) is 18.1 Å². The Morgan fingerprint density at radius 1 is 1.08 bits per heavy atom. The third-order valence-corrected chi connectivity index (χ3v) is 7.58. The van der Waals surface area contributed by atoms with Gasteiger partial charge in [-0.1, -0.05) is 47.1 Å². The first-order valence-corrected chi connectivity index (χ1v) is 13.0. The van der Waals surface area contributed by atoms with Crippen LogP contribution in [0.5, 0.6) is 5.75 Å². The number of hydrogen-bond acceptors (Lipinski definition) is 6. The van der Waals surface area contributed by atoms with Crippen molar-refractivity contribution < 1.29 is 14.7 Å². The molecule has 6 rings (SSSR count). The van der Waals surface area contributed by atoms with E-state index in [1.165, 1.54) is 11.1 Å². The third-order valence-electron chi connectivity index (χ3n) is 7.58. The second-order valence-corrected chi connectivity index (χ2v) is 10.2. The van der Waals surface area contributed by atoms with Gasteiger partial charge in [-0.05, 0) is 24.6 Å². The van der Waals surface area contributed by atoms with Gasteiger partial charge in [0.05, 0.1) is 18.0 Å². The van der Waals surface area contributed by atoms with Gasteiger partial charge >= 0.3 is 0 Å². The minimum absolute atomic E-state index is 0.0223. The predicted molar refractivity (Wildman–Crippen MR) is 142 cm³/mol. The normalized spacial score (nSPS) is 22.6. The fourth-order valence-corrected chi connectivity index (χ4v) is 5.67. The number of piperazine rings is 1. The Hall–Kier alpha value is -3.13. The van der Waals surface area contributed by atoms with Crippen LogP contribution >= 0.6 is 0 Å². The quantitative estimate of drug-likeness (QED) is 0.554. The van der Waals surface area contributed by atoms with Crippen molar-refractivity contribution in [1.29, 1.82) is 0 Å². The topological polar surface area (TPSA) is 62.5 Å². The summed E-state index contributed by atoms with van der Waals surface area (Å²) in [6.45, 7) is 9.59. The minimum atomic E-state index is 0.0223. The maximum Gasteiger partial charge on any atom is 0.151 e. The summed E-state index contributed by atoms with van der Waals surface area (Å²) in [5.41, 5.74) is 5.78. The Morgan fingerprint density at radius 3 is 2.69 bits per heavy atom. The summed E-state index contributed by atoms with van der Waals surface area (Å²) in [6.07, 6.45) is 4.32. The van der Waals surface area contributed by atoms with Crippen molar-refractivity contribution in [3.05, 3.63) is 71.4 Å². The van der Waals surface area contributed by atoms with Crippen LogP contribution in [0, 0.1) is 5.92 Å². The van der Waals surface area contributed by atoms with E-state index in [-0.39, 0.29) is 18.6 Å². The second kappa shape index (κ2) is 10.1. The Kier molecular flexibility index (Phi) is 6.52. The summed E-state index contributed by atoms with van der Waals surface area (Å²) < 4.78 is 8.26. The molecule has 0 bridgehead atoms. The van der Waals surface area contributed by atoms with Crippen molar-refractivity contribution in [1.82, 2.24) is 14.4 Å². The molecule has 7 heteroatoms. The van der Waals surface area contributed by atoms with Gasteiger partial charge in [0.15, 0.2) is 6.10 Å². The second-order valence-electron chi connectivity index (χ2n) is 10.2. The van der Waals surface area contributed by atoms with Gasteiger partial charge < -0.3 is 19.2 Å². The van der Waals surface area contributed by atoms with Crippen LogP contribution in [0.15, 0.2) is 65.5 Å². The molecule has 2 unspecified atom stereocenters. The number of oxime groups is 1. The summed E-state index contributed by atoms with van der Waals surface area (Å²) in [5, 5.41) is 15.0. The maximum atomic E-state index is 9.33. The van der Waals surface area contributed by atoms with Crippen molar-refractivity contribution in [3.8, 4) is 5.75 Å². The predicted octanol–water partition coefficient (Wildman–Crippen LogP) is 3.47. The highest BCUT2D eigenvalue weighted by atomic mass is 16.6. The molecule has 0 spiro atoms. The molecule has 1 saturated heterocycles. The van der Waals surface area contributed by atoms with Gasteiger partial charge in [0.25, 0.3) is 0 Å². The van der Waals surface area contributed by atoms with Crippen LogP contribution in [0.25, 0.3) is 17.0 Å². The van der Waals surface area contributed by atoms with E-state index in [1.807, 2.05) is 6.20 Å². The standard InChI is InChI=1S/C29H34N4O3/c1-21(15-22-5-3-2-4-6-22)18-31-9-11-32(12-10-31)19-28-25-20-35-27-17-26-23(7-8-33(26)13-14-34)16-24(27)29(25)30-36-28/h2-8,15-17,25,28,34H,9-14,18-20H2,1H3. The summed E-state index contributed by atoms with van der Waals surface area (Å²) in [7, 11) is 0. The van der Waals surface area contributed by atoms with Gasteiger partial charge in [-0.25, -0.2) is 0 Å². The van der Waals surface area contributed by atoms with E-state index in [4.69, 9.17) is 9.57 Å². The summed E-state index contributed by atoms with van der Waals surface area (Å²) >= 11 is 0. The maximum absolute atomic E-state index is 9.33. The van der Waals surface area contributed by atoms with E-state index < -0.39 is 0 Å². The molecule has 7 nitrogen and oxygen atoms in total. The lowest BCUT2D eigenvalue weighted by Gasteiger charge is -2.36. The molecule has 0 amide bonds. The largest absolute Gasteiger partial charge is 0.492 e. The fourth-order valence-electron chi connectivity index (χ4n) is 5.67. The monoisotopic (exact) mass is 486 g/mol. The molecule has 0 aliphatic carbocycles. The molecule has 36 heavy (non-hydrogen) atoms. The van der Waals surface area contributed by atoms with Crippen molar-refractivity contribution in [2.24, 2.45) is 11.1 Å². The molecule has 188 valence electrons. The van der Waals surface area contributed by atoms with Crippen LogP contribution in [-0.2, 0) is 11.4 Å². The van der Waals surface area contributed by atoms with Crippen LogP contribution in [-0.4, -0.2) is 83.8 Å². The number of aliphatic hydroxyl groups is 1. The van der Waals surface area contributed by atoms with E-state index in [9.17, 15) is 5.11 Å². The zero-order valence-electron chi connectivity index (χ0n) is 20.8. The van der Waals surface area contributed by atoms with Crippen molar-refractivity contribution in [2.45, 2.75) is 19.6 Å². The molecule has 1 fully saturated rings. The highest BCUT2D eigenvalue weighted by Crippen LogP contribution is 2.37. The van der Waals surface area contributed by atoms with Crippen LogP contribution in [0.4, 0.5) is 0 Å². The lowest BCUT2D eigenvalue weighted by atomic mass is 9.89. The van der Waals surface area contributed by atoms with Crippen molar-refractivity contribution in [2.75, 3.05) is 52.5 Å². The molecule has 0 radical (unpaired) electrons. The zero-order valence-corrected chi connectivity index (χ0v) is 20.8.